The molecule has 0 aliphatic carbocycles. The number of unbranched alkanes of at least 4 members (excludes halogenated alkanes) is 11. The van der Waals surface area contributed by atoms with Gasteiger partial charge in [-0.2, -0.15) is 0 Å². The molecule has 1 heterocycles. The fourth-order valence-electron chi connectivity index (χ4n) is 4.70. The quantitative estimate of drug-likeness (QED) is 0.0434. The summed E-state index contributed by atoms with van der Waals surface area (Å²) in [6, 6.07) is 0. The number of rotatable bonds is 28. The van der Waals surface area contributed by atoms with Crippen LogP contribution in [0.25, 0.3) is 0 Å². The maximum atomic E-state index is 12.1. The minimum Gasteiger partial charge on any atom is -0.462 e. The smallest absolute Gasteiger partial charge is 0.306 e. The van der Waals surface area contributed by atoms with E-state index in [1.807, 2.05) is 0 Å². The third kappa shape index (κ3) is 23.3. The van der Waals surface area contributed by atoms with Gasteiger partial charge in [0.25, 0.3) is 0 Å². The van der Waals surface area contributed by atoms with Gasteiger partial charge >= 0.3 is 11.9 Å². The molecule has 236 valence electrons. The molecule has 6 nitrogen and oxygen atoms in total. The maximum Gasteiger partial charge on any atom is 0.306 e. The van der Waals surface area contributed by atoms with Crippen molar-refractivity contribution in [2.45, 2.75) is 161 Å². The van der Waals surface area contributed by atoms with Gasteiger partial charge in [0, 0.05) is 12.8 Å². The highest BCUT2D eigenvalue weighted by Crippen LogP contribution is 2.30. The molecular formula is C35H60O6. The topological polar surface area (TPSA) is 85.4 Å². The number of hydrogen-bond acceptors (Lipinski definition) is 6. The lowest BCUT2D eigenvalue weighted by Gasteiger charge is -2.15. The lowest BCUT2D eigenvalue weighted by atomic mass is 10.1. The number of carbonyl (C=O) groups excluding carboxylic acids is 2. The Hall–Kier alpha value is -1.92. The van der Waals surface area contributed by atoms with Crippen LogP contribution >= 0.6 is 0 Å². The van der Waals surface area contributed by atoms with E-state index in [0.717, 1.165) is 44.9 Å². The van der Waals surface area contributed by atoms with E-state index in [1.165, 1.54) is 64.2 Å². The first-order valence-electron chi connectivity index (χ1n) is 16.7. The molecule has 0 saturated carbocycles. The van der Waals surface area contributed by atoms with E-state index < -0.39 is 6.10 Å². The van der Waals surface area contributed by atoms with Gasteiger partial charge in [0.15, 0.2) is 6.10 Å². The van der Waals surface area contributed by atoms with E-state index in [0.29, 0.717) is 25.0 Å². The molecule has 1 rings (SSSR count). The first-order valence-corrected chi connectivity index (χ1v) is 16.7. The van der Waals surface area contributed by atoms with Crippen LogP contribution in [0.4, 0.5) is 0 Å². The average molecular weight is 577 g/mol. The van der Waals surface area contributed by atoms with Crippen LogP contribution in [0, 0.1) is 0 Å². The van der Waals surface area contributed by atoms with Crippen LogP contribution in [0.3, 0.4) is 0 Å². The Balaban J connectivity index is 1.96. The number of esters is 2. The molecule has 1 fully saturated rings. The van der Waals surface area contributed by atoms with Gasteiger partial charge in [0.05, 0.1) is 18.8 Å². The van der Waals surface area contributed by atoms with Gasteiger partial charge in [-0.3, -0.25) is 9.59 Å². The van der Waals surface area contributed by atoms with Crippen LogP contribution in [0.2, 0.25) is 0 Å². The zero-order chi connectivity index (χ0) is 29.8. The first-order chi connectivity index (χ1) is 20.1. The predicted octanol–water partition coefficient (Wildman–Crippen LogP) is 8.71. The number of allylic oxidation sites excluding steroid dienone is 5. The summed E-state index contributed by atoms with van der Waals surface area (Å²) in [5, 5.41) is 9.48. The molecule has 0 bridgehead atoms. The zero-order valence-electron chi connectivity index (χ0n) is 26.2. The normalized spacial score (nSPS) is 17.5. The lowest BCUT2D eigenvalue weighted by molar-refractivity contribution is -0.161. The Morgan fingerprint density at radius 1 is 0.707 bits per heavy atom. The Bertz CT molecular complexity index is 728. The average Bonchev–Trinajstić information content (AvgIpc) is 3.72. The molecule has 2 unspecified atom stereocenters. The van der Waals surface area contributed by atoms with Crippen molar-refractivity contribution in [2.24, 2.45) is 0 Å². The maximum absolute atomic E-state index is 12.1. The number of epoxide rings is 1. The van der Waals surface area contributed by atoms with Crippen molar-refractivity contribution in [3.63, 3.8) is 0 Å². The number of aliphatic hydroxyl groups excluding tert-OH is 1. The number of aliphatic hydroxyl groups is 1. The SMILES string of the molecule is CCCCCCCCCCCC(=O)OC[C@H](CO)OC(=O)CCC/C=C\C/C=C\C/C=C\CC1OC1CCCCC. The minimum atomic E-state index is -0.798. The Labute approximate surface area is 251 Å². The highest BCUT2D eigenvalue weighted by Gasteiger charge is 2.36. The van der Waals surface area contributed by atoms with E-state index in [2.05, 4.69) is 50.3 Å². The molecule has 1 aliphatic rings. The monoisotopic (exact) mass is 576 g/mol. The van der Waals surface area contributed by atoms with Crippen LogP contribution in [0.5, 0.6) is 0 Å². The molecule has 1 N–H and O–H groups in total. The third-order valence-corrected chi connectivity index (χ3v) is 7.36. The van der Waals surface area contributed by atoms with Gasteiger partial charge in [0.2, 0.25) is 0 Å². The van der Waals surface area contributed by atoms with Crippen LogP contribution in [0.15, 0.2) is 36.5 Å². The van der Waals surface area contributed by atoms with Gasteiger partial charge in [0.1, 0.15) is 6.61 Å². The van der Waals surface area contributed by atoms with E-state index in [4.69, 9.17) is 14.2 Å². The molecule has 1 saturated heterocycles. The highest BCUT2D eigenvalue weighted by molar-refractivity contribution is 5.70. The zero-order valence-corrected chi connectivity index (χ0v) is 26.2. The molecule has 0 spiro atoms. The molecule has 0 aromatic rings. The van der Waals surface area contributed by atoms with Crippen molar-refractivity contribution < 1.29 is 28.9 Å². The summed E-state index contributed by atoms with van der Waals surface area (Å²) in [6.07, 6.45) is 33.8. The van der Waals surface area contributed by atoms with E-state index >= 15 is 0 Å². The fourth-order valence-corrected chi connectivity index (χ4v) is 4.70. The molecule has 0 radical (unpaired) electrons. The predicted molar refractivity (Wildman–Crippen MR) is 168 cm³/mol. The Morgan fingerprint density at radius 3 is 1.98 bits per heavy atom. The molecular weight excluding hydrogens is 516 g/mol. The summed E-state index contributed by atoms with van der Waals surface area (Å²) in [4.78, 5) is 24.0. The summed E-state index contributed by atoms with van der Waals surface area (Å²) in [5.41, 5.74) is 0. The molecule has 0 aromatic heterocycles. The molecule has 41 heavy (non-hydrogen) atoms. The number of hydrogen-bond donors (Lipinski definition) is 1. The van der Waals surface area contributed by atoms with Crippen molar-refractivity contribution in [2.75, 3.05) is 13.2 Å². The van der Waals surface area contributed by atoms with Crippen molar-refractivity contribution in [1.29, 1.82) is 0 Å². The summed E-state index contributed by atoms with van der Waals surface area (Å²) in [5.74, 6) is -0.667. The number of ether oxygens (including phenoxy) is 3. The summed E-state index contributed by atoms with van der Waals surface area (Å²) >= 11 is 0. The summed E-state index contributed by atoms with van der Waals surface area (Å²) < 4.78 is 16.2. The second-order valence-corrected chi connectivity index (χ2v) is 11.3. The van der Waals surface area contributed by atoms with Gasteiger partial charge in [-0.05, 0) is 44.9 Å². The summed E-state index contributed by atoms with van der Waals surface area (Å²) in [7, 11) is 0. The van der Waals surface area contributed by atoms with Gasteiger partial charge in [-0.25, -0.2) is 0 Å². The van der Waals surface area contributed by atoms with Crippen molar-refractivity contribution in [3.8, 4) is 0 Å². The van der Waals surface area contributed by atoms with Crippen molar-refractivity contribution in [3.05, 3.63) is 36.5 Å². The molecule has 0 aromatic carbocycles. The summed E-state index contributed by atoms with van der Waals surface area (Å²) in [6.45, 7) is 4.01. The van der Waals surface area contributed by atoms with Crippen LogP contribution in [0.1, 0.15) is 142 Å². The van der Waals surface area contributed by atoms with Crippen LogP contribution in [-0.4, -0.2) is 48.6 Å². The third-order valence-electron chi connectivity index (χ3n) is 7.36. The molecule has 0 amide bonds. The Morgan fingerprint density at radius 2 is 1.29 bits per heavy atom. The fraction of sp³-hybridized carbons (Fsp3) is 0.771. The van der Waals surface area contributed by atoms with Crippen molar-refractivity contribution in [1.82, 2.24) is 0 Å². The number of carbonyl (C=O) groups is 2. The highest BCUT2D eigenvalue weighted by atomic mass is 16.6. The van der Waals surface area contributed by atoms with E-state index in [1.54, 1.807) is 0 Å². The van der Waals surface area contributed by atoms with Crippen molar-refractivity contribution >= 4 is 11.9 Å². The second-order valence-electron chi connectivity index (χ2n) is 11.3. The van der Waals surface area contributed by atoms with Gasteiger partial charge < -0.3 is 19.3 Å². The second kappa shape index (κ2) is 26.9. The van der Waals surface area contributed by atoms with E-state index in [9.17, 15) is 14.7 Å². The first kappa shape index (κ1) is 37.1. The van der Waals surface area contributed by atoms with Gasteiger partial charge in [-0.1, -0.05) is 121 Å². The molecule has 3 atom stereocenters. The van der Waals surface area contributed by atoms with E-state index in [-0.39, 0.29) is 31.6 Å². The standard InChI is InChI=1S/C35H60O6/c1-3-5-7-8-9-12-16-19-23-27-34(37)39-30-31(29-36)40-35(38)28-24-20-17-14-11-10-13-15-18-22-26-33-32(41-33)25-21-6-4-2/h10,13-14,17-18,22,31-33,36H,3-9,11-12,15-16,19-21,23-30H2,1-2H3/b13-10-,17-14-,22-18-/t31-,32?,33?/m0/s1. The van der Waals surface area contributed by atoms with Gasteiger partial charge in [-0.15, -0.1) is 0 Å². The largest absolute Gasteiger partial charge is 0.462 e. The van der Waals surface area contributed by atoms with Crippen LogP contribution < -0.4 is 0 Å². The molecule has 6 heteroatoms. The van der Waals surface area contributed by atoms with Crippen LogP contribution in [-0.2, 0) is 23.8 Å². The lowest BCUT2D eigenvalue weighted by Crippen LogP contribution is -2.28. The molecule has 1 aliphatic heterocycles. The Kier molecular flexibility index (Phi) is 24.4. The minimum absolute atomic E-state index is 0.0894.